The van der Waals surface area contributed by atoms with Gasteiger partial charge in [-0.2, -0.15) is 0 Å². The van der Waals surface area contributed by atoms with Crippen molar-refractivity contribution >= 4 is 0 Å². The predicted molar refractivity (Wildman–Crippen MR) is 45.5 cm³/mol. The average Bonchev–Trinajstić information content (AvgIpc) is 2.06. The Hall–Kier alpha value is -0.180. The van der Waals surface area contributed by atoms with Gasteiger partial charge in [-0.25, -0.2) is 8.78 Å². The Bertz CT molecular complexity index is 130. The van der Waals surface area contributed by atoms with E-state index in [1.807, 2.05) is 0 Å². The van der Waals surface area contributed by atoms with Crippen LogP contribution in [-0.2, 0) is 0 Å². The van der Waals surface area contributed by atoms with Gasteiger partial charge >= 0.3 is 0 Å². The summed E-state index contributed by atoms with van der Waals surface area (Å²) in [6.45, 7) is 2.56. The minimum atomic E-state index is -2.49. The molecule has 1 nitrogen and oxygen atoms in total. The highest BCUT2D eigenvalue weighted by atomic mass is 19.3. The van der Waals surface area contributed by atoms with E-state index < -0.39 is 12.0 Å². The molecule has 72 valence electrons. The van der Waals surface area contributed by atoms with Gasteiger partial charge in [0.05, 0.1) is 6.04 Å². The predicted octanol–water partition coefficient (Wildman–Crippen LogP) is 2.56. The van der Waals surface area contributed by atoms with Crippen molar-refractivity contribution < 1.29 is 8.78 Å². The van der Waals surface area contributed by atoms with Crippen LogP contribution < -0.4 is 5.32 Å². The van der Waals surface area contributed by atoms with E-state index >= 15 is 0 Å². The lowest BCUT2D eigenvalue weighted by Gasteiger charge is -2.30. The first-order chi connectivity index (χ1) is 5.67. The Labute approximate surface area is 72.5 Å². The fourth-order valence-electron chi connectivity index (χ4n) is 1.72. The van der Waals surface area contributed by atoms with Gasteiger partial charge in [0.2, 0.25) is 0 Å². The van der Waals surface area contributed by atoms with Crippen LogP contribution in [0, 0.1) is 0 Å². The van der Waals surface area contributed by atoms with Crippen molar-refractivity contribution in [1.29, 1.82) is 0 Å². The number of halogens is 2. The molecule has 1 atom stereocenters. The first kappa shape index (κ1) is 9.90. The van der Waals surface area contributed by atoms with Crippen molar-refractivity contribution in [3.63, 3.8) is 0 Å². The lowest BCUT2D eigenvalue weighted by molar-refractivity contribution is -0.0524. The van der Waals surface area contributed by atoms with Gasteiger partial charge in [-0.15, -0.1) is 0 Å². The van der Waals surface area contributed by atoms with Crippen LogP contribution in [-0.4, -0.2) is 18.5 Å². The smallest absolute Gasteiger partial charge is 0.263 e. The van der Waals surface area contributed by atoms with Crippen LogP contribution in [0.1, 0.15) is 39.0 Å². The summed E-state index contributed by atoms with van der Waals surface area (Å²) >= 11 is 0. The van der Waals surface area contributed by atoms with Gasteiger partial charge in [0, 0.05) is 6.42 Å². The zero-order chi connectivity index (χ0) is 9.03. The molecule has 0 radical (unpaired) electrons. The standard InChI is InChI=1S/C9H17F2N/c1-2-6-9(10,11)8-5-3-4-7-12-8/h8,12H,2-7H2,1H3. The molecule has 1 aliphatic rings. The Balaban J connectivity index is 2.41. The van der Waals surface area contributed by atoms with Gasteiger partial charge in [0.1, 0.15) is 0 Å². The Kier molecular flexibility index (Phi) is 3.44. The molecule has 1 saturated heterocycles. The van der Waals surface area contributed by atoms with Crippen LogP contribution in [0.3, 0.4) is 0 Å². The summed E-state index contributed by atoms with van der Waals surface area (Å²) in [6.07, 6.45) is 3.19. The molecule has 1 heterocycles. The summed E-state index contributed by atoms with van der Waals surface area (Å²) in [5.74, 6) is -2.49. The second kappa shape index (κ2) is 4.17. The van der Waals surface area contributed by atoms with Crippen LogP contribution in [0.15, 0.2) is 0 Å². The molecule has 0 aromatic carbocycles. The minimum absolute atomic E-state index is 0.0185. The molecule has 0 aromatic heterocycles. The number of piperidine rings is 1. The zero-order valence-electron chi connectivity index (χ0n) is 7.58. The van der Waals surface area contributed by atoms with Gasteiger partial charge < -0.3 is 5.32 Å². The largest absolute Gasteiger partial charge is 0.309 e. The van der Waals surface area contributed by atoms with E-state index in [4.69, 9.17) is 0 Å². The van der Waals surface area contributed by atoms with E-state index in [0.29, 0.717) is 12.8 Å². The molecule has 0 aromatic rings. The fourth-order valence-corrected chi connectivity index (χ4v) is 1.72. The van der Waals surface area contributed by atoms with Crippen molar-refractivity contribution in [3.8, 4) is 0 Å². The third-order valence-electron chi connectivity index (χ3n) is 2.40. The molecule has 0 saturated carbocycles. The maximum atomic E-state index is 13.2. The third kappa shape index (κ3) is 2.41. The lowest BCUT2D eigenvalue weighted by atomic mass is 9.96. The Morgan fingerprint density at radius 2 is 2.17 bits per heavy atom. The Morgan fingerprint density at radius 1 is 1.42 bits per heavy atom. The summed E-state index contributed by atoms with van der Waals surface area (Å²) in [4.78, 5) is 0. The maximum absolute atomic E-state index is 13.2. The highest BCUT2D eigenvalue weighted by Crippen LogP contribution is 2.29. The quantitative estimate of drug-likeness (QED) is 0.698. The molecule has 3 heteroatoms. The van der Waals surface area contributed by atoms with Gasteiger partial charge in [0.25, 0.3) is 5.92 Å². The normalized spacial score (nSPS) is 25.8. The molecule has 12 heavy (non-hydrogen) atoms. The number of hydrogen-bond donors (Lipinski definition) is 1. The average molecular weight is 177 g/mol. The summed E-state index contributed by atoms with van der Waals surface area (Å²) in [5.41, 5.74) is 0. The van der Waals surface area contributed by atoms with E-state index in [-0.39, 0.29) is 6.42 Å². The highest BCUT2D eigenvalue weighted by Gasteiger charge is 2.38. The number of nitrogens with one attached hydrogen (secondary N) is 1. The molecular weight excluding hydrogens is 160 g/mol. The number of hydrogen-bond acceptors (Lipinski definition) is 1. The van der Waals surface area contributed by atoms with E-state index in [1.54, 1.807) is 6.92 Å². The molecule has 0 spiro atoms. The topological polar surface area (TPSA) is 12.0 Å². The van der Waals surface area contributed by atoms with Gasteiger partial charge in [-0.05, 0) is 19.4 Å². The molecule has 1 aliphatic heterocycles. The van der Waals surface area contributed by atoms with Crippen molar-refractivity contribution in [2.45, 2.75) is 51.0 Å². The highest BCUT2D eigenvalue weighted by molar-refractivity contribution is 4.85. The first-order valence-corrected chi connectivity index (χ1v) is 4.78. The Morgan fingerprint density at radius 3 is 2.67 bits per heavy atom. The minimum Gasteiger partial charge on any atom is -0.309 e. The zero-order valence-corrected chi connectivity index (χ0v) is 7.58. The van der Waals surface area contributed by atoms with Crippen LogP contribution in [0.4, 0.5) is 8.78 Å². The molecule has 0 aliphatic carbocycles. The summed E-state index contributed by atoms with van der Waals surface area (Å²) in [7, 11) is 0. The van der Waals surface area contributed by atoms with Gasteiger partial charge in [-0.1, -0.05) is 19.8 Å². The van der Waals surface area contributed by atoms with E-state index in [0.717, 1.165) is 19.4 Å². The van der Waals surface area contributed by atoms with E-state index in [2.05, 4.69) is 5.32 Å². The third-order valence-corrected chi connectivity index (χ3v) is 2.40. The number of alkyl halides is 2. The van der Waals surface area contributed by atoms with Crippen molar-refractivity contribution in [1.82, 2.24) is 5.32 Å². The molecule has 0 bridgehead atoms. The lowest BCUT2D eigenvalue weighted by Crippen LogP contribution is -2.47. The van der Waals surface area contributed by atoms with Crippen LogP contribution >= 0.6 is 0 Å². The number of rotatable bonds is 3. The first-order valence-electron chi connectivity index (χ1n) is 4.78. The maximum Gasteiger partial charge on any atom is 0.263 e. The molecule has 1 unspecified atom stereocenters. The van der Waals surface area contributed by atoms with Crippen LogP contribution in [0.25, 0.3) is 0 Å². The summed E-state index contributed by atoms with van der Waals surface area (Å²) in [6, 6.07) is -0.564. The summed E-state index contributed by atoms with van der Waals surface area (Å²) < 4.78 is 26.5. The van der Waals surface area contributed by atoms with E-state index in [1.165, 1.54) is 0 Å². The molecule has 1 fully saturated rings. The molecular formula is C9H17F2N. The molecule has 1 rings (SSSR count). The SMILES string of the molecule is CCCC(F)(F)C1CCCCN1. The molecule has 1 N–H and O–H groups in total. The van der Waals surface area contributed by atoms with Crippen molar-refractivity contribution in [2.75, 3.05) is 6.54 Å². The van der Waals surface area contributed by atoms with Crippen molar-refractivity contribution in [2.24, 2.45) is 0 Å². The molecule has 0 amide bonds. The van der Waals surface area contributed by atoms with E-state index in [9.17, 15) is 8.78 Å². The second-order valence-corrected chi connectivity index (χ2v) is 3.51. The monoisotopic (exact) mass is 177 g/mol. The second-order valence-electron chi connectivity index (χ2n) is 3.51. The van der Waals surface area contributed by atoms with Gasteiger partial charge in [-0.3, -0.25) is 0 Å². The van der Waals surface area contributed by atoms with Crippen LogP contribution in [0.2, 0.25) is 0 Å². The van der Waals surface area contributed by atoms with Crippen molar-refractivity contribution in [3.05, 3.63) is 0 Å². The van der Waals surface area contributed by atoms with Gasteiger partial charge in [0.15, 0.2) is 0 Å². The fraction of sp³-hybridized carbons (Fsp3) is 1.00. The van der Waals surface area contributed by atoms with Crippen LogP contribution in [0.5, 0.6) is 0 Å². The summed E-state index contributed by atoms with van der Waals surface area (Å²) in [5, 5.41) is 2.89.